The summed E-state index contributed by atoms with van der Waals surface area (Å²) in [6.07, 6.45) is 0.770. The van der Waals surface area contributed by atoms with Crippen molar-refractivity contribution in [2.24, 2.45) is 0 Å². The topological polar surface area (TPSA) is 109 Å². The van der Waals surface area contributed by atoms with Gasteiger partial charge >= 0.3 is 11.7 Å². The minimum Gasteiger partial charge on any atom is -0.307 e. The Morgan fingerprint density at radius 1 is 1.35 bits per heavy atom. The summed E-state index contributed by atoms with van der Waals surface area (Å²) in [5.41, 5.74) is 2.33. The van der Waals surface area contributed by atoms with E-state index in [9.17, 15) is 14.4 Å². The molecule has 1 atom stereocenters. The average molecular weight is 377 g/mol. The van der Waals surface area contributed by atoms with Crippen molar-refractivity contribution in [2.45, 2.75) is 51.1 Å². The number of aromatic amines is 1. The standard InChI is InChI=1S/C17H23N5O3S/c1-5-8-22-16(25)20-21-17(22)26-12(4)14(23)19-15(24)18-13-7-6-10(2)9-11(13)3/h6-7,9,12H,5,8H2,1-4H3,(H,20,25)(H2,18,19,23,24). The molecule has 1 aromatic heterocycles. The molecule has 26 heavy (non-hydrogen) atoms. The van der Waals surface area contributed by atoms with E-state index < -0.39 is 17.2 Å². The van der Waals surface area contributed by atoms with Crippen molar-refractivity contribution in [2.75, 3.05) is 5.32 Å². The lowest BCUT2D eigenvalue weighted by atomic mass is 10.1. The van der Waals surface area contributed by atoms with Crippen LogP contribution in [0.25, 0.3) is 0 Å². The summed E-state index contributed by atoms with van der Waals surface area (Å²) in [6.45, 7) is 7.96. The molecule has 2 aromatic rings. The number of aromatic nitrogens is 3. The van der Waals surface area contributed by atoms with Crippen LogP contribution in [0.5, 0.6) is 0 Å². The molecule has 1 aromatic carbocycles. The number of hydrogen-bond donors (Lipinski definition) is 3. The van der Waals surface area contributed by atoms with E-state index in [1.165, 1.54) is 4.57 Å². The van der Waals surface area contributed by atoms with Gasteiger partial charge in [0.25, 0.3) is 0 Å². The van der Waals surface area contributed by atoms with Gasteiger partial charge in [-0.05, 0) is 38.8 Å². The van der Waals surface area contributed by atoms with Gasteiger partial charge in [0.15, 0.2) is 5.16 Å². The third-order valence-corrected chi connectivity index (χ3v) is 4.78. The van der Waals surface area contributed by atoms with Crippen molar-refractivity contribution in [3.63, 3.8) is 0 Å². The molecule has 140 valence electrons. The second-order valence-corrected chi connectivity index (χ2v) is 7.29. The molecule has 3 N–H and O–H groups in total. The van der Waals surface area contributed by atoms with Crippen molar-refractivity contribution < 1.29 is 9.59 Å². The fraction of sp³-hybridized carbons (Fsp3) is 0.412. The van der Waals surface area contributed by atoms with E-state index in [2.05, 4.69) is 20.8 Å². The van der Waals surface area contributed by atoms with Crippen LogP contribution < -0.4 is 16.3 Å². The van der Waals surface area contributed by atoms with Gasteiger partial charge in [0.05, 0.1) is 5.25 Å². The summed E-state index contributed by atoms with van der Waals surface area (Å²) in [5, 5.41) is 11.1. The number of imide groups is 1. The first-order chi connectivity index (χ1) is 12.3. The monoisotopic (exact) mass is 377 g/mol. The van der Waals surface area contributed by atoms with Crippen LogP contribution in [-0.2, 0) is 11.3 Å². The van der Waals surface area contributed by atoms with Gasteiger partial charge in [-0.3, -0.25) is 14.7 Å². The number of aryl methyl sites for hydroxylation is 2. The molecule has 0 aliphatic carbocycles. The number of urea groups is 1. The van der Waals surface area contributed by atoms with E-state index >= 15 is 0 Å². The van der Waals surface area contributed by atoms with E-state index in [1.54, 1.807) is 13.0 Å². The summed E-state index contributed by atoms with van der Waals surface area (Å²) in [7, 11) is 0. The van der Waals surface area contributed by atoms with E-state index in [1.807, 2.05) is 32.9 Å². The first kappa shape index (κ1) is 19.8. The summed E-state index contributed by atoms with van der Waals surface area (Å²) >= 11 is 1.12. The number of hydrogen-bond acceptors (Lipinski definition) is 5. The smallest absolute Gasteiger partial charge is 0.307 e. The first-order valence-corrected chi connectivity index (χ1v) is 9.20. The predicted octanol–water partition coefficient (Wildman–Crippen LogP) is 2.43. The Bertz CT molecular complexity index is 858. The van der Waals surface area contributed by atoms with Crippen molar-refractivity contribution in [1.82, 2.24) is 20.1 Å². The van der Waals surface area contributed by atoms with Gasteiger partial charge in [-0.15, -0.1) is 5.10 Å². The summed E-state index contributed by atoms with van der Waals surface area (Å²) in [4.78, 5) is 36.0. The van der Waals surface area contributed by atoms with E-state index in [4.69, 9.17) is 0 Å². The van der Waals surface area contributed by atoms with Gasteiger partial charge in [0.2, 0.25) is 5.91 Å². The van der Waals surface area contributed by atoms with Crippen LogP contribution in [-0.4, -0.2) is 32.0 Å². The fourth-order valence-electron chi connectivity index (χ4n) is 2.35. The van der Waals surface area contributed by atoms with Crippen molar-refractivity contribution in [3.05, 3.63) is 39.8 Å². The second-order valence-electron chi connectivity index (χ2n) is 5.98. The van der Waals surface area contributed by atoms with Gasteiger partial charge in [-0.2, -0.15) is 0 Å². The normalized spacial score (nSPS) is 11.8. The van der Waals surface area contributed by atoms with Gasteiger partial charge < -0.3 is 5.32 Å². The molecule has 1 unspecified atom stereocenters. The van der Waals surface area contributed by atoms with Crippen LogP contribution in [0.2, 0.25) is 0 Å². The highest BCUT2D eigenvalue weighted by Gasteiger charge is 2.20. The van der Waals surface area contributed by atoms with Gasteiger partial charge in [-0.1, -0.05) is 36.4 Å². The Morgan fingerprint density at radius 3 is 2.73 bits per heavy atom. The molecule has 0 aliphatic heterocycles. The fourth-order valence-corrected chi connectivity index (χ4v) is 3.23. The third-order valence-electron chi connectivity index (χ3n) is 3.69. The van der Waals surface area contributed by atoms with Crippen molar-refractivity contribution >= 4 is 29.4 Å². The number of anilines is 1. The van der Waals surface area contributed by atoms with Crippen LogP contribution in [0.15, 0.2) is 28.2 Å². The van der Waals surface area contributed by atoms with Crippen molar-refractivity contribution in [1.29, 1.82) is 0 Å². The lowest BCUT2D eigenvalue weighted by molar-refractivity contribution is -0.119. The molecule has 1 heterocycles. The minimum atomic E-state index is -0.595. The van der Waals surface area contributed by atoms with E-state index in [0.29, 0.717) is 17.4 Å². The van der Waals surface area contributed by atoms with E-state index in [-0.39, 0.29) is 5.69 Å². The molecule has 0 saturated heterocycles. The van der Waals surface area contributed by atoms with Gasteiger partial charge in [-0.25, -0.2) is 14.7 Å². The molecule has 0 aliphatic rings. The largest absolute Gasteiger partial charge is 0.343 e. The molecule has 2 rings (SSSR count). The highest BCUT2D eigenvalue weighted by atomic mass is 32.2. The quantitative estimate of drug-likeness (QED) is 0.670. The molecule has 8 nitrogen and oxygen atoms in total. The maximum atomic E-state index is 12.2. The Balaban J connectivity index is 1.96. The number of nitrogens with one attached hydrogen (secondary N) is 3. The zero-order valence-corrected chi connectivity index (χ0v) is 16.1. The number of carbonyl (C=O) groups excluding carboxylic acids is 2. The maximum absolute atomic E-state index is 12.2. The molecule has 0 bridgehead atoms. The van der Waals surface area contributed by atoms with Gasteiger partial charge in [0.1, 0.15) is 0 Å². The number of rotatable bonds is 6. The highest BCUT2D eigenvalue weighted by molar-refractivity contribution is 8.00. The molecular weight excluding hydrogens is 354 g/mol. The first-order valence-electron chi connectivity index (χ1n) is 8.32. The Hall–Kier alpha value is -2.55. The summed E-state index contributed by atoms with van der Waals surface area (Å²) < 4.78 is 1.48. The summed E-state index contributed by atoms with van der Waals surface area (Å²) in [6, 6.07) is 5.02. The molecule has 0 spiro atoms. The number of carbonyl (C=O) groups is 2. The lowest BCUT2D eigenvalue weighted by Gasteiger charge is -2.13. The molecule has 3 amide bonds. The Morgan fingerprint density at radius 2 is 2.08 bits per heavy atom. The third kappa shape index (κ3) is 4.98. The molecular formula is C17H23N5O3S. The minimum absolute atomic E-state index is 0.311. The number of benzene rings is 1. The zero-order valence-electron chi connectivity index (χ0n) is 15.3. The van der Waals surface area contributed by atoms with Crippen LogP contribution >= 0.6 is 11.8 Å². The molecule has 9 heteroatoms. The lowest BCUT2D eigenvalue weighted by Crippen LogP contribution is -2.39. The van der Waals surface area contributed by atoms with Crippen molar-refractivity contribution in [3.8, 4) is 0 Å². The molecule has 0 fully saturated rings. The number of nitrogens with zero attached hydrogens (tertiary/aromatic N) is 2. The maximum Gasteiger partial charge on any atom is 0.343 e. The second kappa shape index (κ2) is 8.70. The van der Waals surface area contributed by atoms with E-state index in [0.717, 1.165) is 29.3 Å². The molecule has 0 radical (unpaired) electrons. The molecule has 0 saturated carbocycles. The zero-order chi connectivity index (χ0) is 19.3. The Labute approximate surface area is 155 Å². The summed E-state index contributed by atoms with van der Waals surface area (Å²) in [5.74, 6) is -0.462. The predicted molar refractivity (Wildman–Crippen MR) is 102 cm³/mol. The number of amides is 3. The van der Waals surface area contributed by atoms with Crippen LogP contribution in [0, 0.1) is 13.8 Å². The van der Waals surface area contributed by atoms with Crippen LogP contribution in [0.1, 0.15) is 31.4 Å². The SMILES string of the molecule is CCCn1c(SC(C)C(=O)NC(=O)Nc2ccc(C)cc2C)n[nH]c1=O. The average Bonchev–Trinajstić information content (AvgIpc) is 2.91. The van der Waals surface area contributed by atoms with Gasteiger partial charge in [0, 0.05) is 12.2 Å². The number of H-pyrrole nitrogens is 1. The Kier molecular flexibility index (Phi) is 6.62. The van der Waals surface area contributed by atoms with Crippen LogP contribution in [0.4, 0.5) is 10.5 Å². The highest BCUT2D eigenvalue weighted by Crippen LogP contribution is 2.20. The van der Waals surface area contributed by atoms with Crippen LogP contribution in [0.3, 0.4) is 0 Å². The number of thioether (sulfide) groups is 1.